The number of carbonyl (C=O) groups excluding carboxylic acids is 3. The third-order valence-corrected chi connectivity index (χ3v) is 5.74. The molecule has 1 aromatic carbocycles. The van der Waals surface area contributed by atoms with Crippen molar-refractivity contribution in [1.82, 2.24) is 15.5 Å². The molecule has 31 heavy (non-hydrogen) atoms. The van der Waals surface area contributed by atoms with Crippen LogP contribution < -0.4 is 10.6 Å². The quantitative estimate of drug-likeness (QED) is 0.681. The summed E-state index contributed by atoms with van der Waals surface area (Å²) in [6.45, 7) is 6.52. The van der Waals surface area contributed by atoms with Crippen molar-refractivity contribution in [1.29, 1.82) is 0 Å². The van der Waals surface area contributed by atoms with Crippen molar-refractivity contribution in [2.75, 3.05) is 13.2 Å². The molecule has 0 spiro atoms. The number of ether oxygens (including phenoxy) is 1. The highest BCUT2D eigenvalue weighted by Gasteiger charge is 2.38. The van der Waals surface area contributed by atoms with Crippen molar-refractivity contribution < 1.29 is 19.1 Å². The minimum absolute atomic E-state index is 0.0274. The van der Waals surface area contributed by atoms with E-state index in [1.165, 1.54) is 4.90 Å². The lowest BCUT2D eigenvalue weighted by Gasteiger charge is -2.34. The van der Waals surface area contributed by atoms with E-state index in [0.717, 1.165) is 38.5 Å². The Kier molecular flexibility index (Phi) is 7.70. The fourth-order valence-electron chi connectivity index (χ4n) is 4.31. The smallest absolute Gasteiger partial charge is 0.312 e. The molecule has 7 heteroatoms. The van der Waals surface area contributed by atoms with Crippen LogP contribution in [0.25, 0.3) is 0 Å². The molecule has 1 heterocycles. The highest BCUT2D eigenvalue weighted by molar-refractivity contribution is 6.35. The fourth-order valence-corrected chi connectivity index (χ4v) is 4.31. The van der Waals surface area contributed by atoms with Crippen LogP contribution in [0.15, 0.2) is 30.3 Å². The van der Waals surface area contributed by atoms with Gasteiger partial charge in [-0.1, -0.05) is 43.2 Å². The lowest BCUT2D eigenvalue weighted by molar-refractivity contribution is -0.151. The molecule has 2 fully saturated rings. The van der Waals surface area contributed by atoms with E-state index in [-0.39, 0.29) is 24.6 Å². The summed E-state index contributed by atoms with van der Waals surface area (Å²) in [5, 5.41) is 5.86. The second-order valence-electron chi connectivity index (χ2n) is 9.60. The maximum Gasteiger partial charge on any atom is 0.312 e. The lowest BCUT2D eigenvalue weighted by Crippen LogP contribution is -2.54. The van der Waals surface area contributed by atoms with Crippen molar-refractivity contribution >= 4 is 17.7 Å². The Morgan fingerprint density at radius 2 is 1.74 bits per heavy atom. The Hall–Kier alpha value is -2.41. The molecule has 1 saturated heterocycles. The summed E-state index contributed by atoms with van der Waals surface area (Å²) >= 11 is 0. The molecule has 1 aliphatic heterocycles. The fraction of sp³-hybridized carbons (Fsp3) is 0.625. The van der Waals surface area contributed by atoms with E-state index >= 15 is 0 Å². The van der Waals surface area contributed by atoms with Crippen molar-refractivity contribution in [2.24, 2.45) is 0 Å². The predicted molar refractivity (Wildman–Crippen MR) is 118 cm³/mol. The number of rotatable bonds is 6. The van der Waals surface area contributed by atoms with Gasteiger partial charge >= 0.3 is 11.8 Å². The summed E-state index contributed by atoms with van der Waals surface area (Å²) in [6, 6.07) is 8.28. The molecule has 3 rings (SSSR count). The summed E-state index contributed by atoms with van der Waals surface area (Å²) < 4.78 is 5.76. The van der Waals surface area contributed by atoms with Gasteiger partial charge in [0.15, 0.2) is 0 Å². The highest BCUT2D eigenvalue weighted by atomic mass is 16.5. The number of benzene rings is 1. The van der Waals surface area contributed by atoms with Crippen LogP contribution in [0.4, 0.5) is 0 Å². The van der Waals surface area contributed by atoms with Gasteiger partial charge in [-0.3, -0.25) is 14.4 Å². The zero-order valence-electron chi connectivity index (χ0n) is 18.9. The van der Waals surface area contributed by atoms with Gasteiger partial charge in [-0.25, -0.2) is 0 Å². The van der Waals surface area contributed by atoms with Crippen LogP contribution in [0.2, 0.25) is 0 Å². The number of hydrogen-bond donors (Lipinski definition) is 2. The minimum Gasteiger partial charge on any atom is -0.376 e. The van der Waals surface area contributed by atoms with Gasteiger partial charge in [0.05, 0.1) is 6.10 Å². The molecule has 0 bridgehead atoms. The van der Waals surface area contributed by atoms with E-state index in [0.29, 0.717) is 12.2 Å². The van der Waals surface area contributed by atoms with Crippen LogP contribution in [0.1, 0.15) is 70.9 Å². The Labute approximate surface area is 184 Å². The Balaban J connectivity index is 1.90. The highest BCUT2D eigenvalue weighted by Crippen LogP contribution is 2.26. The topological polar surface area (TPSA) is 87.7 Å². The van der Waals surface area contributed by atoms with Crippen LogP contribution in [-0.4, -0.2) is 53.5 Å². The van der Waals surface area contributed by atoms with Gasteiger partial charge in [-0.05, 0) is 52.0 Å². The van der Waals surface area contributed by atoms with Gasteiger partial charge < -0.3 is 20.3 Å². The number of nitrogens with one attached hydrogen (secondary N) is 2. The molecule has 1 saturated carbocycles. The molecular weight excluding hydrogens is 394 g/mol. The summed E-state index contributed by atoms with van der Waals surface area (Å²) in [6.07, 6.45) is 5.41. The van der Waals surface area contributed by atoms with E-state index < -0.39 is 23.4 Å². The molecular formula is C24H35N3O4. The SMILES string of the molecule is CC(C)(C)NC(=O)C(c1ccccc1)N(CC1CCCO1)C(=O)C(=O)NC1CCCC1. The number of carbonyl (C=O) groups is 3. The normalized spacial score (nSPS) is 20.3. The number of amides is 3. The molecule has 2 atom stereocenters. The molecule has 2 N–H and O–H groups in total. The summed E-state index contributed by atoms with van der Waals surface area (Å²) in [4.78, 5) is 41.0. The van der Waals surface area contributed by atoms with Gasteiger partial charge in [-0.2, -0.15) is 0 Å². The zero-order valence-corrected chi connectivity index (χ0v) is 18.9. The molecule has 1 aliphatic carbocycles. The molecule has 7 nitrogen and oxygen atoms in total. The molecule has 0 aromatic heterocycles. The molecule has 2 unspecified atom stereocenters. The van der Waals surface area contributed by atoms with Gasteiger partial charge in [0.25, 0.3) is 0 Å². The van der Waals surface area contributed by atoms with Crippen LogP contribution in [-0.2, 0) is 19.1 Å². The van der Waals surface area contributed by atoms with Gasteiger partial charge in [-0.15, -0.1) is 0 Å². The molecule has 2 aliphatic rings. The molecule has 3 amide bonds. The maximum atomic E-state index is 13.4. The van der Waals surface area contributed by atoms with Gasteiger partial charge in [0, 0.05) is 24.7 Å². The number of hydrogen-bond acceptors (Lipinski definition) is 4. The standard InChI is InChI=1S/C24H35N3O4/c1-24(2,3)26-21(28)20(17-10-5-4-6-11-17)27(16-19-14-9-15-31-19)23(30)22(29)25-18-12-7-8-13-18/h4-6,10-11,18-20H,7-9,12-16H2,1-3H3,(H,25,29)(H,26,28). The van der Waals surface area contributed by atoms with E-state index in [1.54, 1.807) is 0 Å². The first-order valence-corrected chi connectivity index (χ1v) is 11.3. The molecule has 0 radical (unpaired) electrons. The van der Waals surface area contributed by atoms with Crippen LogP contribution in [0, 0.1) is 0 Å². The third kappa shape index (κ3) is 6.53. The van der Waals surface area contributed by atoms with Crippen LogP contribution in [0.5, 0.6) is 0 Å². The summed E-state index contributed by atoms with van der Waals surface area (Å²) in [7, 11) is 0. The van der Waals surface area contributed by atoms with Crippen LogP contribution in [0.3, 0.4) is 0 Å². The maximum absolute atomic E-state index is 13.4. The first kappa shape index (κ1) is 23.3. The van der Waals surface area contributed by atoms with E-state index in [9.17, 15) is 14.4 Å². The van der Waals surface area contributed by atoms with Crippen molar-refractivity contribution in [3.05, 3.63) is 35.9 Å². The van der Waals surface area contributed by atoms with Gasteiger partial charge in [0.1, 0.15) is 6.04 Å². The van der Waals surface area contributed by atoms with Crippen LogP contribution >= 0.6 is 0 Å². The monoisotopic (exact) mass is 429 g/mol. The van der Waals surface area contributed by atoms with Crippen molar-refractivity contribution in [2.45, 2.75) is 83.0 Å². The minimum atomic E-state index is -0.911. The number of nitrogens with zero attached hydrogens (tertiary/aromatic N) is 1. The van der Waals surface area contributed by atoms with Gasteiger partial charge in [0.2, 0.25) is 5.91 Å². The lowest BCUT2D eigenvalue weighted by atomic mass is 10.0. The summed E-state index contributed by atoms with van der Waals surface area (Å²) in [5.41, 5.74) is 0.193. The largest absolute Gasteiger partial charge is 0.376 e. The van der Waals surface area contributed by atoms with Crippen molar-refractivity contribution in [3.8, 4) is 0 Å². The first-order chi connectivity index (χ1) is 14.7. The zero-order chi connectivity index (χ0) is 22.4. The Bertz CT molecular complexity index is 763. The Morgan fingerprint density at radius 3 is 2.32 bits per heavy atom. The Morgan fingerprint density at radius 1 is 1.06 bits per heavy atom. The second-order valence-corrected chi connectivity index (χ2v) is 9.60. The van der Waals surface area contributed by atoms with E-state index in [1.807, 2.05) is 51.1 Å². The van der Waals surface area contributed by atoms with Crippen molar-refractivity contribution in [3.63, 3.8) is 0 Å². The summed E-state index contributed by atoms with van der Waals surface area (Å²) in [5.74, 6) is -1.63. The first-order valence-electron chi connectivity index (χ1n) is 11.3. The van der Waals surface area contributed by atoms with E-state index in [4.69, 9.17) is 4.74 Å². The average molecular weight is 430 g/mol. The molecule has 170 valence electrons. The predicted octanol–water partition coefficient (Wildman–Crippen LogP) is 2.71. The third-order valence-electron chi connectivity index (χ3n) is 5.74. The molecule has 1 aromatic rings. The second kappa shape index (κ2) is 10.3. The van der Waals surface area contributed by atoms with E-state index in [2.05, 4.69) is 10.6 Å². The average Bonchev–Trinajstić information content (AvgIpc) is 3.40.